The van der Waals surface area contributed by atoms with Gasteiger partial charge in [0.2, 0.25) is 0 Å². The molecular formula is C13H22N2OS. The summed E-state index contributed by atoms with van der Waals surface area (Å²) in [7, 11) is 0. The SMILES string of the molecule is CC(C)c1nc([C@H](C)N[C@H]2CCO[C@@H]2C)cs1. The van der Waals surface area contributed by atoms with Crippen LogP contribution in [0.25, 0.3) is 0 Å². The van der Waals surface area contributed by atoms with E-state index in [2.05, 4.69) is 38.4 Å². The van der Waals surface area contributed by atoms with Crippen molar-refractivity contribution in [3.63, 3.8) is 0 Å². The van der Waals surface area contributed by atoms with Crippen LogP contribution in [-0.4, -0.2) is 23.7 Å². The molecule has 0 aromatic carbocycles. The predicted molar refractivity (Wildman–Crippen MR) is 71.6 cm³/mol. The van der Waals surface area contributed by atoms with Gasteiger partial charge in [0.25, 0.3) is 0 Å². The molecule has 17 heavy (non-hydrogen) atoms. The van der Waals surface area contributed by atoms with Crippen LogP contribution in [0.15, 0.2) is 5.38 Å². The van der Waals surface area contributed by atoms with Crippen molar-refractivity contribution in [1.82, 2.24) is 10.3 Å². The van der Waals surface area contributed by atoms with Gasteiger partial charge in [0.1, 0.15) is 0 Å². The molecule has 1 aliphatic rings. The highest BCUT2D eigenvalue weighted by atomic mass is 32.1. The molecular weight excluding hydrogens is 232 g/mol. The van der Waals surface area contributed by atoms with E-state index in [4.69, 9.17) is 9.72 Å². The van der Waals surface area contributed by atoms with Crippen molar-refractivity contribution >= 4 is 11.3 Å². The van der Waals surface area contributed by atoms with Crippen LogP contribution in [0.5, 0.6) is 0 Å². The van der Waals surface area contributed by atoms with Gasteiger partial charge in [-0.15, -0.1) is 11.3 Å². The summed E-state index contributed by atoms with van der Waals surface area (Å²) in [4.78, 5) is 4.69. The molecule has 1 aromatic rings. The van der Waals surface area contributed by atoms with E-state index in [9.17, 15) is 0 Å². The smallest absolute Gasteiger partial charge is 0.0954 e. The molecule has 0 saturated carbocycles. The summed E-state index contributed by atoms with van der Waals surface area (Å²) in [6.07, 6.45) is 1.42. The van der Waals surface area contributed by atoms with Crippen LogP contribution in [0.3, 0.4) is 0 Å². The van der Waals surface area contributed by atoms with Gasteiger partial charge >= 0.3 is 0 Å². The van der Waals surface area contributed by atoms with Gasteiger partial charge in [0.05, 0.1) is 16.8 Å². The predicted octanol–water partition coefficient (Wildman–Crippen LogP) is 3.09. The molecule has 1 fully saturated rings. The summed E-state index contributed by atoms with van der Waals surface area (Å²) in [5.74, 6) is 0.523. The second-order valence-corrected chi connectivity index (χ2v) is 6.01. The maximum Gasteiger partial charge on any atom is 0.0954 e. The lowest BCUT2D eigenvalue weighted by Gasteiger charge is -2.20. The van der Waals surface area contributed by atoms with E-state index in [1.165, 1.54) is 5.01 Å². The molecule has 0 amide bonds. The van der Waals surface area contributed by atoms with Crippen molar-refractivity contribution in [3.8, 4) is 0 Å². The summed E-state index contributed by atoms with van der Waals surface area (Å²) in [5, 5.41) is 7.02. The third-order valence-corrected chi connectivity index (χ3v) is 4.48. The van der Waals surface area contributed by atoms with Gasteiger partial charge in [-0.1, -0.05) is 13.8 Å². The normalized spacial score (nSPS) is 26.6. The Balaban J connectivity index is 1.96. The lowest BCUT2D eigenvalue weighted by atomic mass is 10.1. The summed E-state index contributed by atoms with van der Waals surface area (Å²) in [6, 6.07) is 0.780. The van der Waals surface area contributed by atoms with E-state index in [0.717, 1.165) is 18.7 Å². The Morgan fingerprint density at radius 3 is 2.76 bits per heavy atom. The number of ether oxygens (including phenoxy) is 1. The molecule has 2 heterocycles. The molecule has 0 spiro atoms. The minimum Gasteiger partial charge on any atom is -0.377 e. The maximum atomic E-state index is 5.57. The van der Waals surface area contributed by atoms with Crippen LogP contribution in [0.2, 0.25) is 0 Å². The number of hydrogen-bond donors (Lipinski definition) is 1. The standard InChI is InChI=1S/C13H22N2OS/c1-8(2)13-15-12(7-17-13)9(3)14-11-5-6-16-10(11)4/h7-11,14H,5-6H2,1-4H3/t9-,10+,11-/m0/s1. The number of thiazole rings is 1. The molecule has 1 aliphatic heterocycles. The fraction of sp³-hybridized carbons (Fsp3) is 0.769. The number of rotatable bonds is 4. The van der Waals surface area contributed by atoms with E-state index in [1.54, 1.807) is 11.3 Å². The first-order valence-electron chi connectivity index (χ1n) is 6.41. The summed E-state index contributed by atoms with van der Waals surface area (Å²) in [6.45, 7) is 9.57. The first kappa shape index (κ1) is 13.0. The molecule has 96 valence electrons. The minimum absolute atomic E-state index is 0.313. The van der Waals surface area contributed by atoms with Crippen molar-refractivity contribution in [2.75, 3.05) is 6.61 Å². The van der Waals surface area contributed by atoms with Gasteiger partial charge in [-0.2, -0.15) is 0 Å². The van der Waals surface area contributed by atoms with E-state index in [-0.39, 0.29) is 0 Å². The second kappa shape index (κ2) is 5.46. The highest BCUT2D eigenvalue weighted by Crippen LogP contribution is 2.24. The topological polar surface area (TPSA) is 34.2 Å². The van der Waals surface area contributed by atoms with Gasteiger partial charge in [-0.3, -0.25) is 0 Å². The van der Waals surface area contributed by atoms with Crippen LogP contribution < -0.4 is 5.32 Å². The fourth-order valence-electron chi connectivity index (χ4n) is 2.12. The highest BCUT2D eigenvalue weighted by Gasteiger charge is 2.26. The second-order valence-electron chi connectivity index (χ2n) is 5.12. The van der Waals surface area contributed by atoms with Gasteiger partial charge in [-0.25, -0.2) is 4.98 Å². The number of aromatic nitrogens is 1. The number of nitrogens with one attached hydrogen (secondary N) is 1. The average molecular weight is 254 g/mol. The Morgan fingerprint density at radius 1 is 1.47 bits per heavy atom. The average Bonchev–Trinajstić information content (AvgIpc) is 2.88. The molecule has 2 rings (SSSR count). The van der Waals surface area contributed by atoms with Crippen molar-refractivity contribution in [3.05, 3.63) is 16.1 Å². The van der Waals surface area contributed by atoms with Crippen LogP contribution in [0.4, 0.5) is 0 Å². The van der Waals surface area contributed by atoms with Gasteiger partial charge in [0.15, 0.2) is 0 Å². The molecule has 4 heteroatoms. The van der Waals surface area contributed by atoms with Crippen molar-refractivity contribution in [2.24, 2.45) is 0 Å². The largest absolute Gasteiger partial charge is 0.377 e. The fourth-order valence-corrected chi connectivity index (χ4v) is 3.05. The summed E-state index contributed by atoms with van der Waals surface area (Å²) < 4.78 is 5.57. The van der Waals surface area contributed by atoms with Crippen molar-refractivity contribution in [1.29, 1.82) is 0 Å². The van der Waals surface area contributed by atoms with Gasteiger partial charge in [-0.05, 0) is 20.3 Å². The van der Waals surface area contributed by atoms with Crippen LogP contribution >= 0.6 is 11.3 Å². The molecule has 3 nitrogen and oxygen atoms in total. The first-order valence-corrected chi connectivity index (χ1v) is 7.29. The van der Waals surface area contributed by atoms with E-state index in [0.29, 0.717) is 24.1 Å². The Kier molecular flexibility index (Phi) is 4.17. The first-order chi connectivity index (χ1) is 8.08. The summed E-state index contributed by atoms with van der Waals surface area (Å²) in [5.41, 5.74) is 1.16. The molecule has 0 radical (unpaired) electrons. The highest BCUT2D eigenvalue weighted by molar-refractivity contribution is 7.09. The molecule has 1 saturated heterocycles. The minimum atomic E-state index is 0.313. The monoisotopic (exact) mass is 254 g/mol. The van der Waals surface area contributed by atoms with E-state index >= 15 is 0 Å². The van der Waals surface area contributed by atoms with E-state index < -0.39 is 0 Å². The zero-order valence-electron chi connectivity index (χ0n) is 11.1. The molecule has 1 N–H and O–H groups in total. The Bertz CT molecular complexity index is 364. The van der Waals surface area contributed by atoms with Crippen LogP contribution in [0.1, 0.15) is 56.8 Å². The Hall–Kier alpha value is -0.450. The van der Waals surface area contributed by atoms with Crippen LogP contribution in [-0.2, 0) is 4.74 Å². The van der Waals surface area contributed by atoms with Gasteiger partial charge < -0.3 is 10.1 Å². The molecule has 1 aromatic heterocycles. The lowest BCUT2D eigenvalue weighted by molar-refractivity contribution is 0.111. The zero-order valence-corrected chi connectivity index (χ0v) is 11.9. The lowest BCUT2D eigenvalue weighted by Crippen LogP contribution is -2.36. The quantitative estimate of drug-likeness (QED) is 0.896. The molecule has 3 atom stereocenters. The van der Waals surface area contributed by atoms with Crippen molar-refractivity contribution < 1.29 is 4.74 Å². The maximum absolute atomic E-state index is 5.57. The molecule has 0 bridgehead atoms. The third kappa shape index (κ3) is 3.06. The Labute approximate surface area is 108 Å². The van der Waals surface area contributed by atoms with E-state index in [1.807, 2.05) is 0 Å². The van der Waals surface area contributed by atoms with Gasteiger partial charge in [0, 0.05) is 30.0 Å². The molecule has 0 aliphatic carbocycles. The zero-order chi connectivity index (χ0) is 12.4. The van der Waals surface area contributed by atoms with Crippen molar-refractivity contribution in [2.45, 2.75) is 58.2 Å². The Morgan fingerprint density at radius 2 is 2.24 bits per heavy atom. The number of hydrogen-bond acceptors (Lipinski definition) is 4. The summed E-state index contributed by atoms with van der Waals surface area (Å²) >= 11 is 1.76. The third-order valence-electron chi connectivity index (χ3n) is 3.32. The van der Waals surface area contributed by atoms with Crippen LogP contribution in [0, 0.1) is 0 Å². The molecule has 0 unspecified atom stereocenters. The number of nitrogens with zero attached hydrogens (tertiary/aromatic N) is 1.